The molecule has 0 aromatic rings. The molecule has 1 atom stereocenters. The molecule has 1 aliphatic heterocycles. The van der Waals surface area contributed by atoms with Crippen LogP contribution in [0.1, 0.15) is 25.7 Å². The Hall–Kier alpha value is -0.170. The summed E-state index contributed by atoms with van der Waals surface area (Å²) in [5.74, 6) is 0.731. The first-order valence-electron chi connectivity index (χ1n) is 6.45. The lowest BCUT2D eigenvalue weighted by Crippen LogP contribution is -2.45. The molecule has 2 fully saturated rings. The minimum Gasteiger partial charge on any atom is -0.380 e. The molecule has 0 spiro atoms. The molecule has 1 heterocycles. The molecule has 1 unspecified atom stereocenters. The molecule has 1 saturated heterocycles. The molecule has 5 nitrogen and oxygen atoms in total. The van der Waals surface area contributed by atoms with E-state index in [2.05, 4.69) is 10.0 Å². The standard InChI is InChI=1S/C11H22N2O3S/c14-17(15,11-2-1-5-12-8-11)13-6-7-16-9-10-3-4-10/h10-13H,1-9H2. The van der Waals surface area contributed by atoms with Crippen molar-refractivity contribution in [2.75, 3.05) is 32.8 Å². The van der Waals surface area contributed by atoms with Crippen LogP contribution in [0.15, 0.2) is 0 Å². The maximum atomic E-state index is 11.9. The van der Waals surface area contributed by atoms with Gasteiger partial charge in [0.1, 0.15) is 0 Å². The van der Waals surface area contributed by atoms with Crippen molar-refractivity contribution in [1.82, 2.24) is 10.0 Å². The van der Waals surface area contributed by atoms with Gasteiger partial charge >= 0.3 is 0 Å². The van der Waals surface area contributed by atoms with Gasteiger partial charge in [0.15, 0.2) is 0 Å². The Morgan fingerprint density at radius 3 is 2.76 bits per heavy atom. The van der Waals surface area contributed by atoms with Crippen LogP contribution >= 0.6 is 0 Å². The number of rotatable bonds is 7. The van der Waals surface area contributed by atoms with Crippen LogP contribution in [0.3, 0.4) is 0 Å². The predicted molar refractivity (Wildman–Crippen MR) is 66.4 cm³/mol. The molecule has 0 radical (unpaired) electrons. The first kappa shape index (κ1) is 13.3. The maximum Gasteiger partial charge on any atom is 0.215 e. The number of hydrogen-bond acceptors (Lipinski definition) is 4. The zero-order valence-corrected chi connectivity index (χ0v) is 11.0. The highest BCUT2D eigenvalue weighted by atomic mass is 32.2. The number of piperidine rings is 1. The molecular formula is C11H22N2O3S. The highest BCUT2D eigenvalue weighted by molar-refractivity contribution is 7.90. The van der Waals surface area contributed by atoms with Gasteiger partial charge in [0, 0.05) is 19.7 Å². The second kappa shape index (κ2) is 6.13. The van der Waals surface area contributed by atoms with Crippen LogP contribution in [0, 0.1) is 5.92 Å². The van der Waals surface area contributed by atoms with Gasteiger partial charge < -0.3 is 10.1 Å². The van der Waals surface area contributed by atoms with Gasteiger partial charge in [0.05, 0.1) is 11.9 Å². The molecule has 1 saturated carbocycles. The Balaban J connectivity index is 1.61. The van der Waals surface area contributed by atoms with Gasteiger partial charge in [-0.2, -0.15) is 0 Å². The van der Waals surface area contributed by atoms with Crippen LogP contribution in [0.25, 0.3) is 0 Å². The van der Waals surface area contributed by atoms with Gasteiger partial charge in [-0.3, -0.25) is 0 Å². The van der Waals surface area contributed by atoms with E-state index in [4.69, 9.17) is 4.74 Å². The summed E-state index contributed by atoms with van der Waals surface area (Å²) in [5.41, 5.74) is 0. The van der Waals surface area contributed by atoms with Gasteiger partial charge in [-0.05, 0) is 38.1 Å². The summed E-state index contributed by atoms with van der Waals surface area (Å²) in [6.07, 6.45) is 4.22. The number of sulfonamides is 1. The predicted octanol–water partition coefficient (Wildman–Crippen LogP) is 0.0844. The quantitative estimate of drug-likeness (QED) is 0.638. The van der Waals surface area contributed by atoms with Crippen molar-refractivity contribution >= 4 is 10.0 Å². The van der Waals surface area contributed by atoms with Crippen LogP contribution < -0.4 is 10.0 Å². The number of nitrogens with one attached hydrogen (secondary N) is 2. The van der Waals surface area contributed by atoms with Crippen LogP contribution in [0.2, 0.25) is 0 Å². The normalized spacial score (nSPS) is 26.0. The Bertz CT molecular complexity index is 322. The van der Waals surface area contributed by atoms with E-state index in [1.54, 1.807) is 0 Å². The van der Waals surface area contributed by atoms with Crippen LogP contribution in [-0.2, 0) is 14.8 Å². The summed E-state index contributed by atoms with van der Waals surface area (Å²) in [6, 6.07) is 0. The highest BCUT2D eigenvalue weighted by Crippen LogP contribution is 2.28. The van der Waals surface area contributed by atoms with E-state index in [1.165, 1.54) is 12.8 Å². The van der Waals surface area contributed by atoms with Gasteiger partial charge in [0.25, 0.3) is 0 Å². The fourth-order valence-electron chi connectivity index (χ4n) is 1.99. The second-order valence-electron chi connectivity index (χ2n) is 4.93. The summed E-state index contributed by atoms with van der Waals surface area (Å²) < 4.78 is 31.8. The summed E-state index contributed by atoms with van der Waals surface area (Å²) in [5, 5.41) is 2.84. The van der Waals surface area contributed by atoms with Crippen molar-refractivity contribution in [3.05, 3.63) is 0 Å². The van der Waals surface area contributed by atoms with E-state index in [0.717, 1.165) is 31.9 Å². The number of hydrogen-bond donors (Lipinski definition) is 2. The molecule has 6 heteroatoms. The Morgan fingerprint density at radius 1 is 1.29 bits per heavy atom. The summed E-state index contributed by atoms with van der Waals surface area (Å²) >= 11 is 0. The van der Waals surface area contributed by atoms with Crippen molar-refractivity contribution in [3.8, 4) is 0 Å². The van der Waals surface area contributed by atoms with E-state index in [1.807, 2.05) is 0 Å². The fourth-order valence-corrected chi connectivity index (χ4v) is 3.41. The third-order valence-corrected chi connectivity index (χ3v) is 5.18. The lowest BCUT2D eigenvalue weighted by molar-refractivity contribution is 0.129. The van der Waals surface area contributed by atoms with Crippen molar-refractivity contribution in [1.29, 1.82) is 0 Å². The maximum absolute atomic E-state index is 11.9. The van der Waals surface area contributed by atoms with Crippen molar-refractivity contribution < 1.29 is 13.2 Å². The third-order valence-electron chi connectivity index (χ3n) is 3.29. The largest absolute Gasteiger partial charge is 0.380 e. The van der Waals surface area contributed by atoms with Crippen LogP contribution in [0.5, 0.6) is 0 Å². The van der Waals surface area contributed by atoms with Crippen LogP contribution in [0.4, 0.5) is 0 Å². The molecule has 2 rings (SSSR count). The first-order valence-corrected chi connectivity index (χ1v) is 8.00. The van der Waals surface area contributed by atoms with Crippen molar-refractivity contribution in [3.63, 3.8) is 0 Å². The molecule has 0 aromatic heterocycles. The molecule has 1 aliphatic carbocycles. The average molecular weight is 262 g/mol. The fraction of sp³-hybridized carbons (Fsp3) is 1.00. The zero-order chi connectivity index (χ0) is 12.1. The summed E-state index contributed by atoms with van der Waals surface area (Å²) in [4.78, 5) is 0. The molecule has 0 aromatic carbocycles. The second-order valence-corrected chi connectivity index (χ2v) is 6.97. The lowest BCUT2D eigenvalue weighted by atomic mass is 10.2. The van der Waals surface area contributed by atoms with Crippen molar-refractivity contribution in [2.24, 2.45) is 5.92 Å². The monoisotopic (exact) mass is 262 g/mol. The van der Waals surface area contributed by atoms with E-state index in [9.17, 15) is 8.42 Å². The van der Waals surface area contributed by atoms with E-state index < -0.39 is 10.0 Å². The Morgan fingerprint density at radius 2 is 2.12 bits per heavy atom. The topological polar surface area (TPSA) is 67.4 Å². The van der Waals surface area contributed by atoms with E-state index in [0.29, 0.717) is 19.7 Å². The first-order chi connectivity index (χ1) is 8.18. The van der Waals surface area contributed by atoms with Gasteiger partial charge in [-0.1, -0.05) is 0 Å². The number of ether oxygens (including phenoxy) is 1. The zero-order valence-electron chi connectivity index (χ0n) is 10.2. The van der Waals surface area contributed by atoms with Crippen LogP contribution in [-0.4, -0.2) is 46.5 Å². The SMILES string of the molecule is O=S(=O)(NCCOCC1CC1)C1CCCNC1. The molecule has 2 aliphatic rings. The molecule has 0 amide bonds. The minimum absolute atomic E-state index is 0.278. The van der Waals surface area contributed by atoms with E-state index in [-0.39, 0.29) is 5.25 Å². The molecule has 17 heavy (non-hydrogen) atoms. The Kier molecular flexibility index (Phi) is 4.78. The van der Waals surface area contributed by atoms with E-state index >= 15 is 0 Å². The van der Waals surface area contributed by atoms with Crippen molar-refractivity contribution in [2.45, 2.75) is 30.9 Å². The molecular weight excluding hydrogens is 240 g/mol. The average Bonchev–Trinajstić information content (AvgIpc) is 3.14. The smallest absolute Gasteiger partial charge is 0.215 e. The molecule has 0 bridgehead atoms. The third kappa shape index (κ3) is 4.54. The van der Waals surface area contributed by atoms with Gasteiger partial charge in [-0.25, -0.2) is 13.1 Å². The summed E-state index contributed by atoms with van der Waals surface area (Å²) in [7, 11) is -3.16. The summed E-state index contributed by atoms with van der Waals surface area (Å²) in [6.45, 7) is 3.16. The van der Waals surface area contributed by atoms with Gasteiger partial charge in [-0.15, -0.1) is 0 Å². The minimum atomic E-state index is -3.16. The van der Waals surface area contributed by atoms with Gasteiger partial charge in [0.2, 0.25) is 10.0 Å². The molecule has 100 valence electrons. The highest BCUT2D eigenvalue weighted by Gasteiger charge is 2.26. The lowest BCUT2D eigenvalue weighted by Gasteiger charge is -2.22. The molecule has 2 N–H and O–H groups in total. The Labute approximate surface area is 103 Å².